The molecule has 22 heavy (non-hydrogen) atoms. The zero-order valence-corrected chi connectivity index (χ0v) is 14.1. The molecule has 0 radical (unpaired) electrons. The van der Waals surface area contributed by atoms with E-state index in [0.717, 1.165) is 10.6 Å². The molecule has 3 rings (SSSR count). The lowest BCUT2D eigenvalue weighted by Crippen LogP contribution is -2.23. The third kappa shape index (κ3) is 3.18. The van der Waals surface area contributed by atoms with Gasteiger partial charge < -0.3 is 0 Å². The molecule has 0 atom stereocenters. The van der Waals surface area contributed by atoms with Crippen LogP contribution in [0.1, 0.15) is 10.4 Å². The van der Waals surface area contributed by atoms with Gasteiger partial charge in [0.2, 0.25) is 0 Å². The average molecular weight is 379 g/mol. The van der Waals surface area contributed by atoms with E-state index in [9.17, 15) is 9.18 Å². The first kappa shape index (κ1) is 15.1. The van der Waals surface area contributed by atoms with Crippen molar-refractivity contribution < 1.29 is 4.39 Å². The van der Waals surface area contributed by atoms with Crippen LogP contribution >= 0.6 is 27.3 Å². The van der Waals surface area contributed by atoms with Crippen molar-refractivity contribution in [3.63, 3.8) is 0 Å². The molecule has 0 fully saturated rings. The van der Waals surface area contributed by atoms with Gasteiger partial charge in [-0.05, 0) is 37.3 Å². The normalized spacial score (nSPS) is 10.9. The largest absolute Gasteiger partial charge is 0.268 e. The van der Waals surface area contributed by atoms with E-state index in [1.807, 2.05) is 19.1 Å². The van der Waals surface area contributed by atoms with Gasteiger partial charge in [0.25, 0.3) is 5.56 Å². The van der Waals surface area contributed by atoms with E-state index in [1.54, 1.807) is 29.5 Å². The van der Waals surface area contributed by atoms with E-state index < -0.39 is 0 Å². The summed E-state index contributed by atoms with van der Waals surface area (Å²) in [5.74, 6) is -0.361. The summed E-state index contributed by atoms with van der Waals surface area (Å²) in [6.45, 7) is 2.12. The molecule has 0 aliphatic carbocycles. The number of thiophene rings is 1. The summed E-state index contributed by atoms with van der Waals surface area (Å²) in [6, 6.07) is 11.9. The molecule has 6 heteroatoms. The molecule has 0 aliphatic heterocycles. The first-order valence-electron chi connectivity index (χ1n) is 6.62. The standard InChI is InChI=1S/C16H12BrFN2OS/c1-10-2-6-15(22-10)14-5-7-16(21)20(19-14)9-11-3-4-12(17)8-13(11)18/h2-8H,9H2,1H3. The van der Waals surface area contributed by atoms with E-state index in [4.69, 9.17) is 0 Å². The molecule has 0 spiro atoms. The molecule has 0 N–H and O–H groups in total. The number of hydrogen-bond acceptors (Lipinski definition) is 3. The summed E-state index contributed by atoms with van der Waals surface area (Å²) < 4.78 is 15.9. The predicted octanol–water partition coefficient (Wildman–Crippen LogP) is 4.23. The first-order valence-corrected chi connectivity index (χ1v) is 8.23. The van der Waals surface area contributed by atoms with Gasteiger partial charge in [-0.2, -0.15) is 5.10 Å². The number of benzene rings is 1. The monoisotopic (exact) mass is 378 g/mol. The van der Waals surface area contributed by atoms with Crippen LogP contribution in [0.15, 0.2) is 51.7 Å². The molecule has 0 bridgehead atoms. The summed E-state index contributed by atoms with van der Waals surface area (Å²) in [5.41, 5.74) is 0.895. The Hall–Kier alpha value is -1.79. The van der Waals surface area contributed by atoms with Gasteiger partial charge in [0, 0.05) is 21.0 Å². The molecule has 1 aromatic carbocycles. The summed E-state index contributed by atoms with van der Waals surface area (Å²) in [4.78, 5) is 14.1. The van der Waals surface area contributed by atoms with Gasteiger partial charge in [-0.1, -0.05) is 22.0 Å². The van der Waals surface area contributed by atoms with E-state index in [0.29, 0.717) is 10.0 Å². The van der Waals surface area contributed by atoms with Crippen molar-refractivity contribution in [2.45, 2.75) is 13.5 Å². The maximum atomic E-state index is 13.9. The Morgan fingerprint density at radius 2 is 2.05 bits per heavy atom. The van der Waals surface area contributed by atoms with E-state index in [2.05, 4.69) is 21.0 Å². The average Bonchev–Trinajstić information content (AvgIpc) is 2.90. The lowest BCUT2D eigenvalue weighted by molar-refractivity contribution is 0.573. The maximum Gasteiger partial charge on any atom is 0.267 e. The molecule has 112 valence electrons. The van der Waals surface area contributed by atoms with E-state index in [-0.39, 0.29) is 17.9 Å². The van der Waals surface area contributed by atoms with Crippen molar-refractivity contribution in [2.24, 2.45) is 0 Å². The molecular formula is C16H12BrFN2OS. The van der Waals surface area contributed by atoms with Gasteiger partial charge in [-0.3, -0.25) is 4.79 Å². The Kier molecular flexibility index (Phi) is 4.22. The number of aromatic nitrogens is 2. The van der Waals surface area contributed by atoms with E-state index >= 15 is 0 Å². The Morgan fingerprint density at radius 1 is 1.23 bits per heavy atom. The van der Waals surface area contributed by atoms with Crippen LogP contribution in [0.25, 0.3) is 10.6 Å². The second kappa shape index (κ2) is 6.14. The highest BCUT2D eigenvalue weighted by molar-refractivity contribution is 9.10. The third-order valence-corrected chi connectivity index (χ3v) is 4.71. The van der Waals surface area contributed by atoms with Gasteiger partial charge in [0.05, 0.1) is 11.4 Å². The summed E-state index contributed by atoms with van der Waals surface area (Å²) >= 11 is 4.83. The van der Waals surface area contributed by atoms with Crippen molar-refractivity contribution in [2.75, 3.05) is 0 Å². The fraction of sp³-hybridized carbons (Fsp3) is 0.125. The summed E-state index contributed by atoms with van der Waals surface area (Å²) in [6.07, 6.45) is 0. The first-order chi connectivity index (χ1) is 10.5. The summed E-state index contributed by atoms with van der Waals surface area (Å²) in [5, 5.41) is 4.35. The zero-order chi connectivity index (χ0) is 15.7. The molecule has 0 saturated heterocycles. The number of rotatable bonds is 3. The van der Waals surface area contributed by atoms with E-state index in [1.165, 1.54) is 21.7 Å². The number of halogens is 2. The predicted molar refractivity (Wildman–Crippen MR) is 89.7 cm³/mol. The second-order valence-corrected chi connectivity index (χ2v) is 7.06. The SMILES string of the molecule is Cc1ccc(-c2ccc(=O)n(Cc3ccc(Br)cc3F)n2)s1. The van der Waals surface area contributed by atoms with Gasteiger partial charge in [-0.25, -0.2) is 9.07 Å². The van der Waals surface area contributed by atoms with Crippen LogP contribution in [0.4, 0.5) is 4.39 Å². The molecule has 0 saturated carbocycles. The zero-order valence-electron chi connectivity index (χ0n) is 11.7. The van der Waals surface area contributed by atoms with Crippen LogP contribution in [-0.4, -0.2) is 9.78 Å². The molecular weight excluding hydrogens is 367 g/mol. The minimum absolute atomic E-state index is 0.107. The number of nitrogens with zero attached hydrogens (tertiary/aromatic N) is 2. The molecule has 3 aromatic rings. The number of aryl methyl sites for hydroxylation is 1. The molecule has 2 aromatic heterocycles. The van der Waals surface area contributed by atoms with Crippen LogP contribution in [0.3, 0.4) is 0 Å². The highest BCUT2D eigenvalue weighted by atomic mass is 79.9. The van der Waals surface area contributed by atoms with Crippen LogP contribution in [0.5, 0.6) is 0 Å². The van der Waals surface area contributed by atoms with Gasteiger partial charge in [0.1, 0.15) is 11.5 Å². The highest BCUT2D eigenvalue weighted by Crippen LogP contribution is 2.25. The van der Waals surface area contributed by atoms with Crippen LogP contribution < -0.4 is 5.56 Å². The lowest BCUT2D eigenvalue weighted by atomic mass is 10.2. The molecule has 2 heterocycles. The van der Waals surface area contributed by atoms with Gasteiger partial charge >= 0.3 is 0 Å². The Morgan fingerprint density at radius 3 is 2.73 bits per heavy atom. The molecule has 3 nitrogen and oxygen atoms in total. The van der Waals surface area contributed by atoms with Crippen molar-refractivity contribution in [3.05, 3.63) is 73.5 Å². The third-order valence-electron chi connectivity index (χ3n) is 3.19. The van der Waals surface area contributed by atoms with Crippen molar-refractivity contribution in [1.29, 1.82) is 0 Å². The maximum absolute atomic E-state index is 13.9. The topological polar surface area (TPSA) is 34.9 Å². The summed E-state index contributed by atoms with van der Waals surface area (Å²) in [7, 11) is 0. The molecule has 0 amide bonds. The smallest absolute Gasteiger partial charge is 0.267 e. The van der Waals surface area contributed by atoms with Crippen LogP contribution in [0.2, 0.25) is 0 Å². The van der Waals surface area contributed by atoms with Gasteiger partial charge in [-0.15, -0.1) is 11.3 Å². The molecule has 0 unspecified atom stereocenters. The minimum Gasteiger partial charge on any atom is -0.268 e. The van der Waals surface area contributed by atoms with Gasteiger partial charge in [0.15, 0.2) is 0 Å². The van der Waals surface area contributed by atoms with Crippen molar-refractivity contribution in [1.82, 2.24) is 9.78 Å². The minimum atomic E-state index is -0.361. The number of hydrogen-bond donors (Lipinski definition) is 0. The van der Waals surface area contributed by atoms with Crippen molar-refractivity contribution >= 4 is 27.3 Å². The lowest BCUT2D eigenvalue weighted by Gasteiger charge is -2.07. The highest BCUT2D eigenvalue weighted by Gasteiger charge is 2.09. The fourth-order valence-electron chi connectivity index (χ4n) is 2.08. The molecule has 0 aliphatic rings. The van der Waals surface area contributed by atoms with Crippen LogP contribution in [-0.2, 0) is 6.54 Å². The fourth-order valence-corrected chi connectivity index (χ4v) is 3.24. The Labute approximate surface area is 139 Å². The Balaban J connectivity index is 1.98. The second-order valence-electron chi connectivity index (χ2n) is 4.86. The van der Waals surface area contributed by atoms with Crippen molar-refractivity contribution in [3.8, 4) is 10.6 Å². The quantitative estimate of drug-likeness (QED) is 0.683. The van der Waals surface area contributed by atoms with Crippen LogP contribution in [0, 0.1) is 12.7 Å². The Bertz CT molecular complexity index is 888.